The molecule has 0 saturated carbocycles. The van der Waals surface area contributed by atoms with Crippen molar-refractivity contribution in [1.29, 1.82) is 0 Å². The van der Waals surface area contributed by atoms with Gasteiger partial charge in [0, 0.05) is 12.0 Å². The minimum Gasteiger partial charge on any atom is -0.501 e. The Morgan fingerprint density at radius 2 is 2.27 bits per heavy atom. The number of allylic oxidation sites excluding steroid dienone is 3. The fourth-order valence-electron chi connectivity index (χ4n) is 1.88. The lowest BCUT2D eigenvalue weighted by Gasteiger charge is -2.22. The fourth-order valence-corrected chi connectivity index (χ4v) is 1.88. The van der Waals surface area contributed by atoms with Crippen LogP contribution in [0.5, 0.6) is 0 Å². The lowest BCUT2D eigenvalue weighted by Crippen LogP contribution is -2.19. The van der Waals surface area contributed by atoms with E-state index >= 15 is 0 Å². The Hall–Kier alpha value is -1.25. The SMILES string of the molecule is CCOC(=O)C1=C(C)C=C(OC)CC1C. The largest absolute Gasteiger partial charge is 0.501 e. The Morgan fingerprint density at radius 3 is 2.73 bits per heavy atom. The topological polar surface area (TPSA) is 35.5 Å². The van der Waals surface area contributed by atoms with Crippen LogP contribution in [0.25, 0.3) is 0 Å². The summed E-state index contributed by atoms with van der Waals surface area (Å²) in [5, 5.41) is 0. The number of esters is 1. The molecule has 0 aromatic heterocycles. The number of carbonyl (C=O) groups excluding carboxylic acids is 1. The summed E-state index contributed by atoms with van der Waals surface area (Å²) in [5.74, 6) is 0.894. The maximum Gasteiger partial charge on any atom is 0.334 e. The van der Waals surface area contributed by atoms with E-state index in [1.54, 1.807) is 7.11 Å². The van der Waals surface area contributed by atoms with Crippen LogP contribution in [0.2, 0.25) is 0 Å². The third kappa shape index (κ3) is 2.61. The summed E-state index contributed by atoms with van der Waals surface area (Å²) in [6.45, 7) is 6.17. The molecular formula is C12H18O3. The van der Waals surface area contributed by atoms with E-state index in [0.29, 0.717) is 6.61 Å². The summed E-state index contributed by atoms with van der Waals surface area (Å²) in [5.41, 5.74) is 1.72. The molecule has 0 bridgehead atoms. The maximum absolute atomic E-state index is 11.7. The van der Waals surface area contributed by atoms with E-state index < -0.39 is 0 Å². The van der Waals surface area contributed by atoms with Gasteiger partial charge in [-0.05, 0) is 31.4 Å². The molecule has 1 aliphatic carbocycles. The van der Waals surface area contributed by atoms with Crippen molar-refractivity contribution in [2.45, 2.75) is 27.2 Å². The van der Waals surface area contributed by atoms with Gasteiger partial charge in [0.15, 0.2) is 0 Å². The zero-order valence-electron chi connectivity index (χ0n) is 9.79. The van der Waals surface area contributed by atoms with E-state index in [4.69, 9.17) is 9.47 Å². The van der Waals surface area contributed by atoms with E-state index in [2.05, 4.69) is 0 Å². The zero-order chi connectivity index (χ0) is 11.4. The molecule has 1 atom stereocenters. The average Bonchev–Trinajstić information content (AvgIpc) is 2.16. The molecule has 0 amide bonds. The summed E-state index contributed by atoms with van der Waals surface area (Å²) in [4.78, 5) is 11.7. The van der Waals surface area contributed by atoms with Crippen LogP contribution in [0.3, 0.4) is 0 Å². The molecule has 3 heteroatoms. The minimum atomic E-state index is -0.200. The first-order valence-electron chi connectivity index (χ1n) is 5.22. The minimum absolute atomic E-state index is 0.170. The Labute approximate surface area is 90.8 Å². The van der Waals surface area contributed by atoms with Crippen LogP contribution in [0.15, 0.2) is 23.0 Å². The smallest absolute Gasteiger partial charge is 0.334 e. The molecule has 3 nitrogen and oxygen atoms in total. The molecule has 1 unspecified atom stereocenters. The maximum atomic E-state index is 11.7. The second-order valence-electron chi connectivity index (χ2n) is 3.74. The molecule has 0 aromatic carbocycles. The molecule has 84 valence electrons. The Balaban J connectivity index is 2.94. The summed E-state index contributed by atoms with van der Waals surface area (Å²) < 4.78 is 10.2. The van der Waals surface area contributed by atoms with Crippen molar-refractivity contribution >= 4 is 5.97 Å². The summed E-state index contributed by atoms with van der Waals surface area (Å²) in [6, 6.07) is 0. The molecule has 15 heavy (non-hydrogen) atoms. The van der Waals surface area contributed by atoms with Gasteiger partial charge in [0.25, 0.3) is 0 Å². The van der Waals surface area contributed by atoms with Crippen LogP contribution in [0, 0.1) is 5.92 Å². The van der Waals surface area contributed by atoms with Crippen molar-refractivity contribution in [2.24, 2.45) is 5.92 Å². The van der Waals surface area contributed by atoms with Gasteiger partial charge >= 0.3 is 5.97 Å². The van der Waals surface area contributed by atoms with Gasteiger partial charge in [-0.15, -0.1) is 0 Å². The average molecular weight is 210 g/mol. The first-order valence-corrected chi connectivity index (χ1v) is 5.22. The van der Waals surface area contributed by atoms with Gasteiger partial charge in [-0.1, -0.05) is 6.92 Å². The summed E-state index contributed by atoms with van der Waals surface area (Å²) in [6.07, 6.45) is 2.67. The van der Waals surface area contributed by atoms with Gasteiger partial charge in [-0.3, -0.25) is 0 Å². The van der Waals surface area contributed by atoms with E-state index in [0.717, 1.165) is 23.3 Å². The first kappa shape index (κ1) is 11.8. The van der Waals surface area contributed by atoms with Gasteiger partial charge in [0.2, 0.25) is 0 Å². The van der Waals surface area contributed by atoms with Crippen molar-refractivity contribution in [3.05, 3.63) is 23.0 Å². The predicted octanol–water partition coefficient (Wildman–Crippen LogP) is 2.44. The molecule has 1 rings (SSSR count). The Bertz CT molecular complexity index is 313. The molecule has 1 aliphatic rings. The van der Waals surface area contributed by atoms with Gasteiger partial charge < -0.3 is 9.47 Å². The van der Waals surface area contributed by atoms with Gasteiger partial charge in [-0.25, -0.2) is 4.79 Å². The van der Waals surface area contributed by atoms with Crippen molar-refractivity contribution < 1.29 is 14.3 Å². The molecule has 0 aliphatic heterocycles. The lowest BCUT2D eigenvalue weighted by molar-refractivity contribution is -0.139. The zero-order valence-corrected chi connectivity index (χ0v) is 9.79. The van der Waals surface area contributed by atoms with Crippen LogP contribution in [0.4, 0.5) is 0 Å². The highest BCUT2D eigenvalue weighted by Crippen LogP contribution is 2.30. The highest BCUT2D eigenvalue weighted by atomic mass is 16.5. The third-order valence-electron chi connectivity index (χ3n) is 2.56. The van der Waals surface area contributed by atoms with E-state index in [9.17, 15) is 4.79 Å². The second kappa shape index (κ2) is 5.01. The Kier molecular flexibility index (Phi) is 3.95. The highest BCUT2D eigenvalue weighted by Gasteiger charge is 2.25. The van der Waals surface area contributed by atoms with Crippen LogP contribution in [-0.2, 0) is 14.3 Å². The lowest BCUT2D eigenvalue weighted by atomic mass is 9.88. The van der Waals surface area contributed by atoms with Gasteiger partial charge in [-0.2, -0.15) is 0 Å². The van der Waals surface area contributed by atoms with Crippen molar-refractivity contribution in [3.63, 3.8) is 0 Å². The third-order valence-corrected chi connectivity index (χ3v) is 2.56. The molecular weight excluding hydrogens is 192 g/mol. The van der Waals surface area contributed by atoms with Crippen LogP contribution in [-0.4, -0.2) is 19.7 Å². The second-order valence-corrected chi connectivity index (χ2v) is 3.74. The monoisotopic (exact) mass is 210 g/mol. The quantitative estimate of drug-likeness (QED) is 0.671. The van der Waals surface area contributed by atoms with E-state index in [1.165, 1.54) is 0 Å². The van der Waals surface area contributed by atoms with E-state index in [-0.39, 0.29) is 11.9 Å². The van der Waals surface area contributed by atoms with Gasteiger partial charge in [0.05, 0.1) is 19.5 Å². The number of methoxy groups -OCH3 is 1. The molecule has 0 saturated heterocycles. The molecule has 0 heterocycles. The molecule has 0 aromatic rings. The summed E-state index contributed by atoms with van der Waals surface area (Å²) >= 11 is 0. The molecule has 0 radical (unpaired) electrons. The Morgan fingerprint density at radius 1 is 1.60 bits per heavy atom. The number of rotatable bonds is 3. The molecule has 0 N–H and O–H groups in total. The first-order chi connectivity index (χ1) is 7.10. The van der Waals surface area contributed by atoms with Crippen molar-refractivity contribution in [3.8, 4) is 0 Å². The number of hydrogen-bond acceptors (Lipinski definition) is 3. The molecule has 0 spiro atoms. The standard InChI is InChI=1S/C12H18O3/c1-5-15-12(13)11-8(2)6-10(14-4)7-9(11)3/h6,9H,5,7H2,1-4H3. The predicted molar refractivity (Wildman–Crippen MR) is 58.2 cm³/mol. The summed E-state index contributed by atoms with van der Waals surface area (Å²) in [7, 11) is 1.65. The van der Waals surface area contributed by atoms with Gasteiger partial charge in [0.1, 0.15) is 0 Å². The van der Waals surface area contributed by atoms with Crippen molar-refractivity contribution in [1.82, 2.24) is 0 Å². The normalized spacial score (nSPS) is 21.1. The van der Waals surface area contributed by atoms with Crippen LogP contribution >= 0.6 is 0 Å². The highest BCUT2D eigenvalue weighted by molar-refractivity contribution is 5.90. The fraction of sp³-hybridized carbons (Fsp3) is 0.583. The van der Waals surface area contributed by atoms with E-state index in [1.807, 2.05) is 26.8 Å². The number of hydrogen-bond donors (Lipinski definition) is 0. The number of carbonyl (C=O) groups is 1. The number of ether oxygens (including phenoxy) is 2. The van der Waals surface area contributed by atoms with Crippen LogP contribution < -0.4 is 0 Å². The molecule has 0 fully saturated rings. The van der Waals surface area contributed by atoms with Crippen LogP contribution in [0.1, 0.15) is 27.2 Å². The van der Waals surface area contributed by atoms with Crippen molar-refractivity contribution in [2.75, 3.05) is 13.7 Å².